The van der Waals surface area contributed by atoms with E-state index in [1.807, 2.05) is 12.3 Å². The van der Waals surface area contributed by atoms with Crippen molar-refractivity contribution in [2.24, 2.45) is 0 Å². The van der Waals surface area contributed by atoms with E-state index in [1.165, 1.54) is 18.2 Å². The summed E-state index contributed by atoms with van der Waals surface area (Å²) in [6, 6.07) is 4.37. The number of nitrogens with one attached hydrogen (secondary N) is 1. The molecule has 0 saturated carbocycles. The second-order valence-electron chi connectivity index (χ2n) is 4.81. The van der Waals surface area contributed by atoms with Crippen molar-refractivity contribution < 1.29 is 14.7 Å². The molecule has 0 bridgehead atoms. The van der Waals surface area contributed by atoms with Crippen molar-refractivity contribution in [1.82, 2.24) is 15.3 Å². The van der Waals surface area contributed by atoms with Gasteiger partial charge < -0.3 is 10.4 Å². The van der Waals surface area contributed by atoms with Gasteiger partial charge in [0.05, 0.1) is 5.01 Å². The molecule has 2 N–H and O–H groups in total. The fourth-order valence-corrected chi connectivity index (χ4v) is 2.71. The van der Waals surface area contributed by atoms with E-state index in [9.17, 15) is 9.59 Å². The number of hydrogen-bond donors (Lipinski definition) is 2. The highest BCUT2D eigenvalue weighted by atomic mass is 32.1. The third kappa shape index (κ3) is 4.63. The van der Waals surface area contributed by atoms with E-state index >= 15 is 0 Å². The maximum Gasteiger partial charge on any atom is 0.354 e. The summed E-state index contributed by atoms with van der Waals surface area (Å²) in [6.45, 7) is 2.50. The number of nitrogens with zero attached hydrogens (tertiary/aromatic N) is 2. The van der Waals surface area contributed by atoms with Crippen molar-refractivity contribution in [3.8, 4) is 0 Å². The summed E-state index contributed by atoms with van der Waals surface area (Å²) in [6.07, 6.45) is 2.68. The maximum absolute atomic E-state index is 11.9. The Bertz CT molecular complexity index is 670. The standard InChI is InChI=1S/C15H17N3O3S/c1-10-9-22-13(17-10)7-2-3-8-16-14(19)11-5-4-6-12(18-11)15(20)21/h4-6,9H,2-3,7-8H2,1H3,(H,16,19)(H,20,21). The highest BCUT2D eigenvalue weighted by Gasteiger charge is 2.10. The molecule has 2 rings (SSSR count). The fraction of sp³-hybridized carbons (Fsp3) is 0.333. The van der Waals surface area contributed by atoms with Crippen LogP contribution >= 0.6 is 11.3 Å². The summed E-state index contributed by atoms with van der Waals surface area (Å²) in [7, 11) is 0. The maximum atomic E-state index is 11.9. The molecule has 0 fully saturated rings. The second kappa shape index (κ2) is 7.65. The van der Waals surface area contributed by atoms with Crippen LogP contribution in [0.25, 0.3) is 0 Å². The number of carboxylic acid groups (broad SMARTS) is 1. The topological polar surface area (TPSA) is 92.2 Å². The predicted octanol–water partition coefficient (Wildman–Crippen LogP) is 2.30. The summed E-state index contributed by atoms with van der Waals surface area (Å²) >= 11 is 1.65. The number of carbonyl (C=O) groups is 2. The number of amides is 1. The molecule has 1 amide bonds. The van der Waals surface area contributed by atoms with Gasteiger partial charge in [-0.05, 0) is 38.3 Å². The Balaban J connectivity index is 1.73. The molecule has 7 heteroatoms. The predicted molar refractivity (Wildman–Crippen MR) is 83.3 cm³/mol. The number of carboxylic acids is 1. The minimum atomic E-state index is -1.15. The highest BCUT2D eigenvalue weighted by Crippen LogP contribution is 2.11. The van der Waals surface area contributed by atoms with Gasteiger partial charge in [0, 0.05) is 17.6 Å². The lowest BCUT2D eigenvalue weighted by atomic mass is 10.2. The molecule has 0 aromatic carbocycles. The van der Waals surface area contributed by atoms with Crippen LogP contribution in [0.5, 0.6) is 0 Å². The molecule has 6 nitrogen and oxygen atoms in total. The Morgan fingerprint density at radius 3 is 2.68 bits per heavy atom. The number of aromatic carboxylic acids is 1. The average molecular weight is 319 g/mol. The Hall–Kier alpha value is -2.28. The lowest BCUT2D eigenvalue weighted by Gasteiger charge is -2.04. The molecule has 2 aromatic rings. The van der Waals surface area contributed by atoms with Gasteiger partial charge in [-0.2, -0.15) is 0 Å². The zero-order chi connectivity index (χ0) is 15.9. The van der Waals surface area contributed by atoms with Crippen LogP contribution < -0.4 is 5.32 Å². The van der Waals surface area contributed by atoms with Crippen molar-refractivity contribution in [2.75, 3.05) is 6.54 Å². The lowest BCUT2D eigenvalue weighted by molar-refractivity contribution is 0.0690. The van der Waals surface area contributed by atoms with Crippen LogP contribution in [-0.4, -0.2) is 33.5 Å². The SMILES string of the molecule is Cc1csc(CCCCNC(=O)c2cccc(C(=O)O)n2)n1. The normalized spacial score (nSPS) is 10.4. The van der Waals surface area contributed by atoms with Crippen molar-refractivity contribution in [1.29, 1.82) is 0 Å². The van der Waals surface area contributed by atoms with Gasteiger partial charge in [-0.25, -0.2) is 14.8 Å². The number of hydrogen-bond acceptors (Lipinski definition) is 5. The van der Waals surface area contributed by atoms with Crippen molar-refractivity contribution in [2.45, 2.75) is 26.2 Å². The Morgan fingerprint density at radius 2 is 2.00 bits per heavy atom. The first-order valence-corrected chi connectivity index (χ1v) is 7.84. The van der Waals surface area contributed by atoms with Crippen LogP contribution in [0.15, 0.2) is 23.6 Å². The first-order valence-electron chi connectivity index (χ1n) is 6.96. The summed E-state index contributed by atoms with van der Waals surface area (Å²) < 4.78 is 0. The van der Waals surface area contributed by atoms with Crippen LogP contribution in [0.1, 0.15) is 44.5 Å². The quantitative estimate of drug-likeness (QED) is 0.764. The van der Waals surface area contributed by atoms with Gasteiger partial charge in [0.2, 0.25) is 0 Å². The minimum Gasteiger partial charge on any atom is -0.477 e. The van der Waals surface area contributed by atoms with Crippen molar-refractivity contribution in [3.63, 3.8) is 0 Å². The molecule has 116 valence electrons. The molecule has 0 saturated heterocycles. The molecule has 0 unspecified atom stereocenters. The smallest absolute Gasteiger partial charge is 0.354 e. The largest absolute Gasteiger partial charge is 0.477 e. The first-order chi connectivity index (χ1) is 10.6. The number of aromatic nitrogens is 2. The minimum absolute atomic E-state index is 0.121. The van der Waals surface area contributed by atoms with Gasteiger partial charge in [0.25, 0.3) is 5.91 Å². The van der Waals surface area contributed by atoms with Gasteiger partial charge in [-0.3, -0.25) is 4.79 Å². The number of rotatable bonds is 7. The number of unbranched alkanes of at least 4 members (excludes halogenated alkanes) is 1. The van der Waals surface area contributed by atoms with Gasteiger partial charge in [0.1, 0.15) is 11.4 Å². The first kappa shape index (κ1) is 16.1. The summed E-state index contributed by atoms with van der Waals surface area (Å²) in [5, 5.41) is 14.7. The van der Waals surface area contributed by atoms with Crippen LogP contribution in [0.2, 0.25) is 0 Å². The van der Waals surface area contributed by atoms with Gasteiger partial charge in [-0.15, -0.1) is 11.3 Å². The number of thiazole rings is 1. The molecule has 0 spiro atoms. The van der Waals surface area contributed by atoms with E-state index in [0.29, 0.717) is 6.54 Å². The van der Waals surface area contributed by atoms with Crippen LogP contribution in [-0.2, 0) is 6.42 Å². The van der Waals surface area contributed by atoms with E-state index in [2.05, 4.69) is 15.3 Å². The molecule has 22 heavy (non-hydrogen) atoms. The lowest BCUT2D eigenvalue weighted by Crippen LogP contribution is -2.26. The molecule has 0 aliphatic rings. The Kier molecular flexibility index (Phi) is 5.60. The third-order valence-corrected chi connectivity index (χ3v) is 4.00. The Morgan fingerprint density at radius 1 is 1.23 bits per heavy atom. The molecule has 0 atom stereocenters. The van der Waals surface area contributed by atoms with Crippen LogP contribution in [0, 0.1) is 6.92 Å². The van der Waals surface area contributed by atoms with E-state index in [-0.39, 0.29) is 17.3 Å². The van der Waals surface area contributed by atoms with Gasteiger partial charge >= 0.3 is 5.97 Å². The zero-order valence-corrected chi connectivity index (χ0v) is 13.0. The molecular formula is C15H17N3O3S. The van der Waals surface area contributed by atoms with Crippen molar-refractivity contribution in [3.05, 3.63) is 45.7 Å². The van der Waals surface area contributed by atoms with E-state index < -0.39 is 5.97 Å². The van der Waals surface area contributed by atoms with Crippen LogP contribution in [0.3, 0.4) is 0 Å². The number of pyridine rings is 1. The third-order valence-electron chi connectivity index (χ3n) is 2.97. The van der Waals surface area contributed by atoms with Gasteiger partial charge in [-0.1, -0.05) is 6.07 Å². The molecule has 2 aromatic heterocycles. The molecular weight excluding hydrogens is 302 g/mol. The monoisotopic (exact) mass is 319 g/mol. The van der Waals surface area contributed by atoms with Gasteiger partial charge in [0.15, 0.2) is 0 Å². The number of carbonyl (C=O) groups excluding carboxylic acids is 1. The Labute approximate surface area is 132 Å². The summed E-state index contributed by atoms with van der Waals surface area (Å²) in [5.74, 6) is -1.50. The van der Waals surface area contributed by atoms with E-state index in [0.717, 1.165) is 30.0 Å². The van der Waals surface area contributed by atoms with E-state index in [1.54, 1.807) is 11.3 Å². The average Bonchev–Trinajstić information content (AvgIpc) is 2.92. The van der Waals surface area contributed by atoms with E-state index in [4.69, 9.17) is 5.11 Å². The molecule has 0 radical (unpaired) electrons. The molecule has 0 aliphatic carbocycles. The van der Waals surface area contributed by atoms with Crippen LogP contribution in [0.4, 0.5) is 0 Å². The molecule has 0 aliphatic heterocycles. The number of aryl methyl sites for hydroxylation is 2. The summed E-state index contributed by atoms with van der Waals surface area (Å²) in [4.78, 5) is 30.9. The highest BCUT2D eigenvalue weighted by molar-refractivity contribution is 7.09. The fourth-order valence-electron chi connectivity index (χ4n) is 1.89. The van der Waals surface area contributed by atoms with Crippen molar-refractivity contribution >= 4 is 23.2 Å². The second-order valence-corrected chi connectivity index (χ2v) is 5.75. The zero-order valence-electron chi connectivity index (χ0n) is 12.2. The summed E-state index contributed by atoms with van der Waals surface area (Å²) in [5.41, 5.74) is 1.03. The molecule has 2 heterocycles.